The molecule has 2 N–H and O–H groups in total. The van der Waals surface area contributed by atoms with Crippen LogP contribution in [0.4, 0.5) is 5.69 Å². The lowest BCUT2D eigenvalue weighted by Crippen LogP contribution is -2.16. The number of hydrogen-bond acceptors (Lipinski definition) is 4. The van der Waals surface area contributed by atoms with Crippen LogP contribution in [-0.2, 0) is 9.84 Å². The lowest BCUT2D eigenvalue weighted by molar-refractivity contribution is 0.340. The second-order valence-corrected chi connectivity index (χ2v) is 7.60. The van der Waals surface area contributed by atoms with E-state index in [1.165, 1.54) is 6.07 Å². The second-order valence-electron chi connectivity index (χ2n) is 4.61. The van der Waals surface area contributed by atoms with Gasteiger partial charge in [-0.3, -0.25) is 0 Å². The van der Waals surface area contributed by atoms with Crippen molar-refractivity contribution in [3.8, 4) is 5.75 Å². The van der Waals surface area contributed by atoms with Crippen molar-refractivity contribution in [3.05, 3.63) is 52.5 Å². The van der Waals surface area contributed by atoms with Gasteiger partial charge in [0.1, 0.15) is 12.4 Å². The van der Waals surface area contributed by atoms with E-state index in [2.05, 4.69) is 15.9 Å². The molecule has 0 heterocycles. The van der Waals surface area contributed by atoms with E-state index in [4.69, 9.17) is 10.5 Å². The van der Waals surface area contributed by atoms with Gasteiger partial charge in [0.05, 0.1) is 16.3 Å². The SMILES string of the molecule is Cc1cccc(S(=O)(=O)CCOc2cccc(Br)c2)c1N. The number of aryl methyl sites for hydroxylation is 1. The summed E-state index contributed by atoms with van der Waals surface area (Å²) >= 11 is 3.33. The molecular weight excluding hydrogens is 354 g/mol. The van der Waals surface area contributed by atoms with Crippen molar-refractivity contribution < 1.29 is 13.2 Å². The summed E-state index contributed by atoms with van der Waals surface area (Å²) in [5.41, 5.74) is 6.90. The molecular formula is C15H16BrNO3S. The summed E-state index contributed by atoms with van der Waals surface area (Å²) in [6.45, 7) is 1.86. The van der Waals surface area contributed by atoms with Crippen LogP contribution < -0.4 is 10.5 Å². The van der Waals surface area contributed by atoms with E-state index in [0.717, 1.165) is 10.0 Å². The Morgan fingerprint density at radius 3 is 2.62 bits per heavy atom. The second kappa shape index (κ2) is 6.49. The van der Waals surface area contributed by atoms with Gasteiger partial charge in [-0.15, -0.1) is 0 Å². The highest BCUT2D eigenvalue weighted by Crippen LogP contribution is 2.23. The van der Waals surface area contributed by atoms with Gasteiger partial charge >= 0.3 is 0 Å². The summed E-state index contributed by atoms with van der Waals surface area (Å²) in [5, 5.41) is 0. The number of ether oxygens (including phenoxy) is 1. The molecule has 0 spiro atoms. The highest BCUT2D eigenvalue weighted by molar-refractivity contribution is 9.10. The molecule has 0 aliphatic rings. The molecule has 0 aliphatic heterocycles. The molecule has 0 saturated heterocycles. The number of para-hydroxylation sites is 1. The lowest BCUT2D eigenvalue weighted by Gasteiger charge is -2.10. The predicted molar refractivity (Wildman–Crippen MR) is 87.3 cm³/mol. The summed E-state index contributed by atoms with van der Waals surface area (Å²) in [6.07, 6.45) is 0. The van der Waals surface area contributed by atoms with E-state index >= 15 is 0 Å². The van der Waals surface area contributed by atoms with Gasteiger partial charge in [0.25, 0.3) is 0 Å². The third-order valence-electron chi connectivity index (χ3n) is 3.04. The molecule has 0 atom stereocenters. The van der Waals surface area contributed by atoms with Crippen molar-refractivity contribution in [1.82, 2.24) is 0 Å². The van der Waals surface area contributed by atoms with Crippen LogP contribution in [0.5, 0.6) is 5.75 Å². The quantitative estimate of drug-likeness (QED) is 0.821. The molecule has 0 bridgehead atoms. The number of sulfone groups is 1. The van der Waals surface area contributed by atoms with E-state index in [1.807, 2.05) is 12.1 Å². The number of benzene rings is 2. The Kier molecular flexibility index (Phi) is 4.90. The Bertz CT molecular complexity index is 744. The Morgan fingerprint density at radius 1 is 1.19 bits per heavy atom. The van der Waals surface area contributed by atoms with E-state index in [9.17, 15) is 8.42 Å². The zero-order valence-corrected chi connectivity index (χ0v) is 13.9. The predicted octanol–water partition coefficient (Wildman–Crippen LogP) is 3.19. The topological polar surface area (TPSA) is 69.4 Å². The molecule has 0 saturated carbocycles. The van der Waals surface area contributed by atoms with Crippen LogP contribution in [0.2, 0.25) is 0 Å². The maximum absolute atomic E-state index is 12.3. The number of rotatable bonds is 5. The first-order chi connectivity index (χ1) is 9.90. The zero-order valence-electron chi connectivity index (χ0n) is 11.5. The molecule has 0 fully saturated rings. The highest BCUT2D eigenvalue weighted by Gasteiger charge is 2.18. The van der Waals surface area contributed by atoms with Gasteiger partial charge in [-0.1, -0.05) is 34.1 Å². The van der Waals surface area contributed by atoms with Crippen molar-refractivity contribution in [2.75, 3.05) is 18.1 Å². The van der Waals surface area contributed by atoms with Crippen LogP contribution in [0.3, 0.4) is 0 Å². The summed E-state index contributed by atoms with van der Waals surface area (Å²) in [6, 6.07) is 12.3. The monoisotopic (exact) mass is 369 g/mol. The van der Waals surface area contributed by atoms with Gasteiger partial charge in [0, 0.05) is 4.47 Å². The standard InChI is InChI=1S/C15H16BrNO3S/c1-11-4-2-7-14(15(11)17)21(18,19)9-8-20-13-6-3-5-12(16)10-13/h2-7,10H,8-9,17H2,1H3. The minimum atomic E-state index is -3.46. The Balaban J connectivity index is 2.07. The third-order valence-corrected chi connectivity index (χ3v) is 5.26. The summed E-state index contributed by atoms with van der Waals surface area (Å²) in [5.74, 6) is 0.504. The van der Waals surface area contributed by atoms with E-state index in [-0.39, 0.29) is 17.3 Å². The van der Waals surface area contributed by atoms with Crippen LogP contribution in [0.15, 0.2) is 51.8 Å². The van der Waals surface area contributed by atoms with Crippen LogP contribution in [0.25, 0.3) is 0 Å². The smallest absolute Gasteiger partial charge is 0.183 e. The van der Waals surface area contributed by atoms with Crippen molar-refractivity contribution in [2.45, 2.75) is 11.8 Å². The maximum atomic E-state index is 12.3. The van der Waals surface area contributed by atoms with E-state index in [0.29, 0.717) is 11.4 Å². The first-order valence-corrected chi connectivity index (χ1v) is 8.81. The molecule has 0 aliphatic carbocycles. The Labute approximate surface area is 133 Å². The van der Waals surface area contributed by atoms with Gasteiger partial charge in [0.2, 0.25) is 0 Å². The molecule has 2 aromatic carbocycles. The van der Waals surface area contributed by atoms with E-state index in [1.54, 1.807) is 31.2 Å². The Hall–Kier alpha value is -1.53. The average molecular weight is 370 g/mol. The minimum absolute atomic E-state index is 0.0756. The molecule has 0 aromatic heterocycles. The molecule has 0 unspecified atom stereocenters. The maximum Gasteiger partial charge on any atom is 0.183 e. The molecule has 0 radical (unpaired) electrons. The number of anilines is 1. The molecule has 21 heavy (non-hydrogen) atoms. The molecule has 6 heteroatoms. The number of nitrogen functional groups attached to an aromatic ring is 1. The Morgan fingerprint density at radius 2 is 1.90 bits per heavy atom. The number of halogens is 1. The fourth-order valence-electron chi connectivity index (χ4n) is 1.86. The lowest BCUT2D eigenvalue weighted by atomic mass is 10.2. The fourth-order valence-corrected chi connectivity index (χ4v) is 3.54. The van der Waals surface area contributed by atoms with Crippen LogP contribution in [0, 0.1) is 6.92 Å². The average Bonchev–Trinajstić information content (AvgIpc) is 2.41. The van der Waals surface area contributed by atoms with Crippen molar-refractivity contribution in [3.63, 3.8) is 0 Å². The molecule has 112 valence electrons. The normalized spacial score (nSPS) is 11.3. The molecule has 2 aromatic rings. The molecule has 0 amide bonds. The number of hydrogen-bond donors (Lipinski definition) is 1. The first kappa shape index (κ1) is 15.9. The van der Waals surface area contributed by atoms with Crippen LogP contribution in [-0.4, -0.2) is 20.8 Å². The summed E-state index contributed by atoms with van der Waals surface area (Å²) < 4.78 is 30.9. The first-order valence-electron chi connectivity index (χ1n) is 6.36. The third kappa shape index (κ3) is 3.98. The van der Waals surface area contributed by atoms with E-state index < -0.39 is 9.84 Å². The van der Waals surface area contributed by atoms with Crippen LogP contribution in [0.1, 0.15) is 5.56 Å². The fraction of sp³-hybridized carbons (Fsp3) is 0.200. The zero-order chi connectivity index (χ0) is 15.5. The largest absolute Gasteiger partial charge is 0.492 e. The minimum Gasteiger partial charge on any atom is -0.492 e. The van der Waals surface area contributed by atoms with Crippen molar-refractivity contribution >= 4 is 31.5 Å². The van der Waals surface area contributed by atoms with Crippen molar-refractivity contribution in [1.29, 1.82) is 0 Å². The van der Waals surface area contributed by atoms with Gasteiger partial charge in [-0.2, -0.15) is 0 Å². The van der Waals surface area contributed by atoms with Gasteiger partial charge in [-0.25, -0.2) is 8.42 Å². The summed E-state index contributed by atoms with van der Waals surface area (Å²) in [7, 11) is -3.46. The van der Waals surface area contributed by atoms with Crippen LogP contribution >= 0.6 is 15.9 Å². The van der Waals surface area contributed by atoms with Gasteiger partial charge in [0.15, 0.2) is 9.84 Å². The number of nitrogens with two attached hydrogens (primary N) is 1. The summed E-state index contributed by atoms with van der Waals surface area (Å²) in [4.78, 5) is 0.167. The highest BCUT2D eigenvalue weighted by atomic mass is 79.9. The molecule has 2 rings (SSSR count). The molecule has 4 nitrogen and oxygen atoms in total. The van der Waals surface area contributed by atoms with Crippen molar-refractivity contribution in [2.24, 2.45) is 0 Å². The van der Waals surface area contributed by atoms with Gasteiger partial charge in [-0.05, 0) is 36.8 Å². The van der Waals surface area contributed by atoms with Gasteiger partial charge < -0.3 is 10.5 Å².